The fourth-order valence-corrected chi connectivity index (χ4v) is 5.20. The Morgan fingerprint density at radius 2 is 1.97 bits per heavy atom. The lowest BCUT2D eigenvalue weighted by Gasteiger charge is -2.11. The Morgan fingerprint density at radius 3 is 2.74 bits per heavy atom. The second kappa shape index (κ2) is 11.7. The van der Waals surface area contributed by atoms with Crippen LogP contribution >= 0.6 is 23.1 Å². The maximum absolute atomic E-state index is 12.9. The molecule has 0 atom stereocenters. The van der Waals surface area contributed by atoms with Crippen LogP contribution in [0.4, 0.5) is 10.7 Å². The molecule has 2 amide bonds. The molecule has 0 spiro atoms. The van der Waals surface area contributed by atoms with E-state index < -0.39 is 16.1 Å². The molecule has 2 heterocycles. The van der Waals surface area contributed by atoms with Crippen LogP contribution in [0.2, 0.25) is 0 Å². The van der Waals surface area contributed by atoms with E-state index >= 15 is 0 Å². The molecule has 0 aliphatic heterocycles. The second-order valence-electron chi connectivity index (χ2n) is 6.07. The predicted molar refractivity (Wildman–Crippen MR) is 124 cm³/mol. The Kier molecular flexibility index (Phi) is 8.69. The zero-order valence-corrected chi connectivity index (χ0v) is 20.3. The second-order valence-corrected chi connectivity index (χ2v) is 9.92. The summed E-state index contributed by atoms with van der Waals surface area (Å²) in [5.41, 5.74) is 2.31. The van der Waals surface area contributed by atoms with Gasteiger partial charge in [0.25, 0.3) is 10.0 Å². The topological polar surface area (TPSA) is 174 Å². The number of hydrogen-bond donors (Lipinski definition) is 3. The average molecular weight is 526 g/mol. The zero-order valence-electron chi connectivity index (χ0n) is 17.8. The van der Waals surface area contributed by atoms with Gasteiger partial charge in [-0.2, -0.15) is 4.98 Å². The van der Waals surface area contributed by atoms with Crippen molar-refractivity contribution in [3.8, 4) is 16.5 Å². The van der Waals surface area contributed by atoms with Crippen molar-refractivity contribution in [2.75, 3.05) is 24.8 Å². The highest BCUT2D eigenvalue weighted by Gasteiger charge is 2.22. The van der Waals surface area contributed by atoms with Gasteiger partial charge in [0.05, 0.1) is 24.4 Å². The fraction of sp³-hybridized carbons (Fsp3) is 0.222. The predicted octanol–water partition coefficient (Wildman–Crippen LogP) is 1.67. The van der Waals surface area contributed by atoms with Crippen molar-refractivity contribution in [2.45, 2.75) is 16.2 Å². The zero-order chi connectivity index (χ0) is 24.6. The maximum Gasteiger partial charge on any atom is 0.336 e. The number of benzene rings is 1. The molecule has 0 aliphatic rings. The fourth-order valence-electron chi connectivity index (χ4n) is 2.40. The molecule has 0 saturated carbocycles. The summed E-state index contributed by atoms with van der Waals surface area (Å²) < 4.78 is 36.0. The molecule has 0 fully saturated rings. The third-order valence-electron chi connectivity index (χ3n) is 3.80. The Hall–Kier alpha value is -3.34. The number of aromatic nitrogens is 4. The standard InChI is InChI=1S/C18H19N7O6S3/c1-3-31-14(26)10-32-18-24-22-15(33-18)11-6-4-5-7-12(11)34(28,29)25-23-17(27)21-16-19-9-8-13(20-16)30-2/h4-9,25H,3,10H2,1-2H3,(H2,19,20,21,23,27). The first kappa shape index (κ1) is 25.3. The van der Waals surface area contributed by atoms with E-state index in [4.69, 9.17) is 9.47 Å². The van der Waals surface area contributed by atoms with E-state index in [1.807, 2.05) is 10.3 Å². The van der Waals surface area contributed by atoms with Crippen molar-refractivity contribution < 1.29 is 27.5 Å². The molecule has 0 radical (unpaired) electrons. The van der Waals surface area contributed by atoms with Gasteiger partial charge in [-0.3, -0.25) is 15.5 Å². The van der Waals surface area contributed by atoms with Crippen LogP contribution in [0.15, 0.2) is 45.8 Å². The molecule has 0 aliphatic carbocycles. The molecule has 0 unspecified atom stereocenters. The van der Waals surface area contributed by atoms with Crippen LogP contribution in [-0.4, -0.2) is 60.1 Å². The van der Waals surface area contributed by atoms with Gasteiger partial charge in [0.2, 0.25) is 11.8 Å². The summed E-state index contributed by atoms with van der Waals surface area (Å²) in [5.74, 6) is -0.199. The van der Waals surface area contributed by atoms with E-state index in [-0.39, 0.29) is 40.6 Å². The number of nitrogens with zero attached hydrogens (tertiary/aromatic N) is 4. The van der Waals surface area contributed by atoms with Gasteiger partial charge in [-0.1, -0.05) is 41.3 Å². The number of methoxy groups -OCH3 is 1. The number of carbonyl (C=O) groups is 2. The molecular formula is C18H19N7O6S3. The summed E-state index contributed by atoms with van der Waals surface area (Å²) >= 11 is 2.25. The lowest BCUT2D eigenvalue weighted by atomic mass is 10.2. The number of rotatable bonds is 10. The van der Waals surface area contributed by atoms with E-state index in [1.165, 1.54) is 31.5 Å². The summed E-state index contributed by atoms with van der Waals surface area (Å²) in [7, 11) is -2.79. The summed E-state index contributed by atoms with van der Waals surface area (Å²) in [6.07, 6.45) is 1.36. The third kappa shape index (κ3) is 6.83. The number of sulfonamides is 1. The molecule has 0 bridgehead atoms. The lowest BCUT2D eigenvalue weighted by Crippen LogP contribution is -2.44. The number of esters is 1. The number of hydrogen-bond acceptors (Lipinski definition) is 12. The number of thioether (sulfide) groups is 1. The van der Waals surface area contributed by atoms with Gasteiger partial charge in [-0.15, -0.1) is 15.0 Å². The quantitative estimate of drug-likeness (QED) is 0.199. The summed E-state index contributed by atoms with van der Waals surface area (Å²) in [6, 6.07) is 6.65. The van der Waals surface area contributed by atoms with Crippen LogP contribution in [-0.2, 0) is 19.6 Å². The first-order valence-electron chi connectivity index (χ1n) is 9.49. The van der Waals surface area contributed by atoms with Crippen molar-refractivity contribution in [2.24, 2.45) is 0 Å². The minimum absolute atomic E-state index is 0.0556. The number of carbonyl (C=O) groups excluding carboxylic acids is 2. The van der Waals surface area contributed by atoms with Gasteiger partial charge in [-0.25, -0.2) is 18.2 Å². The number of anilines is 1. The van der Waals surface area contributed by atoms with Gasteiger partial charge in [0.1, 0.15) is 5.01 Å². The summed E-state index contributed by atoms with van der Waals surface area (Å²) in [5, 5.41) is 10.6. The maximum atomic E-state index is 12.9. The average Bonchev–Trinajstić information content (AvgIpc) is 3.31. The van der Waals surface area contributed by atoms with E-state index in [9.17, 15) is 18.0 Å². The molecule has 2 aromatic heterocycles. The summed E-state index contributed by atoms with van der Waals surface area (Å²) in [4.78, 5) is 33.2. The highest BCUT2D eigenvalue weighted by Crippen LogP contribution is 2.33. The molecular weight excluding hydrogens is 506 g/mol. The monoisotopic (exact) mass is 525 g/mol. The Morgan fingerprint density at radius 1 is 1.18 bits per heavy atom. The first-order chi connectivity index (χ1) is 16.3. The highest BCUT2D eigenvalue weighted by atomic mass is 32.2. The molecule has 13 nitrogen and oxygen atoms in total. The van der Waals surface area contributed by atoms with Gasteiger partial charge in [0.15, 0.2) is 4.34 Å². The number of amides is 2. The van der Waals surface area contributed by atoms with E-state index in [2.05, 4.69) is 25.5 Å². The Balaban J connectivity index is 1.69. The van der Waals surface area contributed by atoms with Crippen LogP contribution in [0.1, 0.15) is 6.92 Å². The van der Waals surface area contributed by atoms with Crippen molar-refractivity contribution >= 4 is 51.1 Å². The minimum Gasteiger partial charge on any atom is -0.481 e. The first-order valence-corrected chi connectivity index (χ1v) is 12.8. The van der Waals surface area contributed by atoms with Crippen LogP contribution in [0.5, 0.6) is 5.88 Å². The van der Waals surface area contributed by atoms with E-state index in [0.717, 1.165) is 23.1 Å². The van der Waals surface area contributed by atoms with Gasteiger partial charge in [-0.05, 0) is 13.0 Å². The molecule has 3 rings (SSSR count). The van der Waals surface area contributed by atoms with Crippen molar-refractivity contribution in [3.63, 3.8) is 0 Å². The van der Waals surface area contributed by atoms with Gasteiger partial charge in [0, 0.05) is 17.8 Å². The molecule has 3 N–H and O–H groups in total. The van der Waals surface area contributed by atoms with Gasteiger partial charge < -0.3 is 9.47 Å². The third-order valence-corrected chi connectivity index (χ3v) is 7.16. The van der Waals surface area contributed by atoms with E-state index in [1.54, 1.807) is 19.1 Å². The van der Waals surface area contributed by atoms with Crippen LogP contribution in [0.25, 0.3) is 10.6 Å². The number of hydrazine groups is 1. The van der Waals surface area contributed by atoms with Crippen LogP contribution in [0.3, 0.4) is 0 Å². The molecule has 16 heteroatoms. The molecule has 34 heavy (non-hydrogen) atoms. The number of urea groups is 1. The highest BCUT2D eigenvalue weighted by molar-refractivity contribution is 8.01. The normalized spacial score (nSPS) is 11.0. The Labute approximate surface area is 202 Å². The molecule has 3 aromatic rings. The molecule has 180 valence electrons. The number of ether oxygens (including phenoxy) is 2. The van der Waals surface area contributed by atoms with Crippen LogP contribution < -0.4 is 20.3 Å². The number of nitrogens with one attached hydrogen (secondary N) is 3. The minimum atomic E-state index is -4.19. The Bertz CT molecular complexity index is 1270. The van der Waals surface area contributed by atoms with Crippen LogP contribution in [0, 0.1) is 0 Å². The van der Waals surface area contributed by atoms with Crippen molar-refractivity contribution in [1.82, 2.24) is 30.4 Å². The van der Waals surface area contributed by atoms with Gasteiger partial charge >= 0.3 is 12.0 Å². The summed E-state index contributed by atoms with van der Waals surface area (Å²) in [6.45, 7) is 1.99. The SMILES string of the molecule is CCOC(=O)CSc1nnc(-c2ccccc2S(=O)(=O)NNC(=O)Nc2nccc(OC)n2)s1. The smallest absolute Gasteiger partial charge is 0.336 e. The molecule has 1 aromatic carbocycles. The largest absolute Gasteiger partial charge is 0.481 e. The van der Waals surface area contributed by atoms with Crippen molar-refractivity contribution in [3.05, 3.63) is 36.5 Å². The van der Waals surface area contributed by atoms with E-state index in [0.29, 0.717) is 9.35 Å². The molecule has 0 saturated heterocycles. The lowest BCUT2D eigenvalue weighted by molar-refractivity contribution is -0.139. The van der Waals surface area contributed by atoms with Crippen molar-refractivity contribution in [1.29, 1.82) is 0 Å².